The fraction of sp³-hybridized carbons (Fsp3) is 0.500. The van der Waals surface area contributed by atoms with Gasteiger partial charge in [0.1, 0.15) is 5.82 Å². The highest BCUT2D eigenvalue weighted by Crippen LogP contribution is 2.17. The predicted octanol–water partition coefficient (Wildman–Crippen LogP) is 0.732. The minimum absolute atomic E-state index is 0.0364. The summed E-state index contributed by atoms with van der Waals surface area (Å²) in [4.78, 5) is 27.3. The van der Waals surface area contributed by atoms with Gasteiger partial charge in [0.05, 0.1) is 23.7 Å². The Hall–Kier alpha value is -1.70. The highest BCUT2D eigenvalue weighted by molar-refractivity contribution is 6.31. The molecule has 1 heterocycles. The molecule has 6 nitrogen and oxygen atoms in total. The maximum atomic E-state index is 13.1. The van der Waals surface area contributed by atoms with E-state index in [1.807, 2.05) is 4.90 Å². The van der Waals surface area contributed by atoms with Crippen LogP contribution >= 0.6 is 11.6 Å². The van der Waals surface area contributed by atoms with Crippen molar-refractivity contribution < 1.29 is 19.1 Å². The molecule has 2 N–H and O–H groups in total. The van der Waals surface area contributed by atoms with Crippen LogP contribution in [-0.2, 0) is 4.79 Å². The third kappa shape index (κ3) is 4.66. The molecule has 1 aliphatic rings. The molecule has 2 amide bonds. The van der Waals surface area contributed by atoms with E-state index in [0.717, 1.165) is 6.07 Å². The van der Waals surface area contributed by atoms with Gasteiger partial charge in [0.25, 0.3) is 5.91 Å². The van der Waals surface area contributed by atoms with E-state index in [2.05, 4.69) is 5.32 Å². The second kappa shape index (κ2) is 7.92. The van der Waals surface area contributed by atoms with Gasteiger partial charge in [-0.15, -0.1) is 0 Å². The van der Waals surface area contributed by atoms with E-state index in [9.17, 15) is 19.1 Å². The Morgan fingerprint density at radius 1 is 1.46 bits per heavy atom. The molecule has 1 aromatic carbocycles. The summed E-state index contributed by atoms with van der Waals surface area (Å²) in [5, 5.41) is 12.8. The topological polar surface area (TPSA) is 72.9 Å². The molecule has 8 heteroatoms. The zero-order valence-electron chi connectivity index (χ0n) is 13.6. The molecule has 0 aromatic heterocycles. The summed E-state index contributed by atoms with van der Waals surface area (Å²) in [6.07, 6.45) is -0.267. The van der Waals surface area contributed by atoms with Gasteiger partial charge in [-0.1, -0.05) is 11.6 Å². The highest BCUT2D eigenvalue weighted by Gasteiger charge is 2.30. The number of nitrogens with zero attached hydrogens (tertiary/aromatic N) is 2. The Bertz CT molecular complexity index is 627. The number of benzene rings is 1. The van der Waals surface area contributed by atoms with Crippen molar-refractivity contribution in [2.45, 2.75) is 18.6 Å². The Labute approximate surface area is 145 Å². The molecule has 2 atom stereocenters. The van der Waals surface area contributed by atoms with Gasteiger partial charge in [-0.3, -0.25) is 14.5 Å². The van der Waals surface area contributed by atoms with Crippen molar-refractivity contribution in [1.82, 2.24) is 15.1 Å². The predicted molar refractivity (Wildman–Crippen MR) is 88.4 cm³/mol. The molecule has 0 unspecified atom stereocenters. The number of likely N-dealkylation sites (tertiary alicyclic amines) is 1. The fourth-order valence-electron chi connectivity index (χ4n) is 2.53. The van der Waals surface area contributed by atoms with Crippen LogP contribution in [0.2, 0.25) is 5.02 Å². The van der Waals surface area contributed by atoms with Crippen molar-refractivity contribution in [3.8, 4) is 0 Å². The van der Waals surface area contributed by atoms with Crippen LogP contribution in [0.3, 0.4) is 0 Å². The summed E-state index contributed by atoms with van der Waals surface area (Å²) in [6.45, 7) is 1.12. The first-order valence-corrected chi connectivity index (χ1v) is 8.02. The van der Waals surface area contributed by atoms with Crippen LogP contribution in [-0.4, -0.2) is 72.6 Å². The number of hydrogen-bond donors (Lipinski definition) is 2. The van der Waals surface area contributed by atoms with Crippen LogP contribution in [0.5, 0.6) is 0 Å². The van der Waals surface area contributed by atoms with Crippen LogP contribution in [0.25, 0.3) is 0 Å². The SMILES string of the molecule is CN(C)C(=O)CN1CC[C@@H](NC(=O)c2ccc(F)c(Cl)c2)[C@H](O)C1. The Balaban J connectivity index is 1.91. The van der Waals surface area contributed by atoms with E-state index >= 15 is 0 Å². The fourth-order valence-corrected chi connectivity index (χ4v) is 2.71. The molecular formula is C16H21ClFN3O3. The largest absolute Gasteiger partial charge is 0.390 e. The summed E-state index contributed by atoms with van der Waals surface area (Å²) >= 11 is 5.68. The lowest BCUT2D eigenvalue weighted by atomic mass is 10.0. The van der Waals surface area contributed by atoms with E-state index in [1.165, 1.54) is 17.0 Å². The number of amides is 2. The molecule has 24 heavy (non-hydrogen) atoms. The Morgan fingerprint density at radius 2 is 2.17 bits per heavy atom. The van der Waals surface area contributed by atoms with Crippen LogP contribution in [0.1, 0.15) is 16.8 Å². The van der Waals surface area contributed by atoms with Crippen LogP contribution in [0.4, 0.5) is 4.39 Å². The third-order valence-corrected chi connectivity index (χ3v) is 4.31. The van der Waals surface area contributed by atoms with E-state index in [-0.39, 0.29) is 23.0 Å². The molecule has 0 bridgehead atoms. The molecule has 2 rings (SSSR count). The maximum Gasteiger partial charge on any atom is 0.251 e. The molecule has 0 saturated carbocycles. The minimum atomic E-state index is -0.784. The van der Waals surface area contributed by atoms with Gasteiger partial charge in [0, 0.05) is 32.7 Å². The minimum Gasteiger partial charge on any atom is -0.390 e. The molecule has 0 spiro atoms. The standard InChI is InChI=1S/C16H21ClFN3O3/c1-20(2)15(23)9-21-6-5-13(14(22)8-21)19-16(24)10-3-4-12(18)11(17)7-10/h3-4,7,13-14,22H,5-6,8-9H2,1-2H3,(H,19,24)/t13-,14-/m1/s1. The zero-order chi connectivity index (χ0) is 17.9. The molecule has 1 aromatic rings. The monoisotopic (exact) mass is 357 g/mol. The van der Waals surface area contributed by atoms with E-state index in [4.69, 9.17) is 11.6 Å². The van der Waals surface area contributed by atoms with E-state index in [1.54, 1.807) is 14.1 Å². The molecule has 1 aliphatic heterocycles. The van der Waals surface area contributed by atoms with Crippen LogP contribution < -0.4 is 5.32 Å². The molecular weight excluding hydrogens is 337 g/mol. The smallest absolute Gasteiger partial charge is 0.251 e. The third-order valence-electron chi connectivity index (χ3n) is 4.02. The second-order valence-corrected chi connectivity index (χ2v) is 6.50. The van der Waals surface area contributed by atoms with Gasteiger partial charge in [-0.2, -0.15) is 0 Å². The summed E-state index contributed by atoms with van der Waals surface area (Å²) in [5.41, 5.74) is 0.235. The molecule has 0 radical (unpaired) electrons. The number of rotatable bonds is 4. The average Bonchev–Trinajstić information content (AvgIpc) is 2.52. The van der Waals surface area contributed by atoms with Crippen molar-refractivity contribution in [1.29, 1.82) is 0 Å². The number of halogens is 2. The van der Waals surface area contributed by atoms with Crippen molar-refractivity contribution in [3.05, 3.63) is 34.6 Å². The summed E-state index contributed by atoms with van der Waals surface area (Å²) < 4.78 is 13.1. The first-order chi connectivity index (χ1) is 11.3. The normalized spacial score (nSPS) is 21.4. The molecule has 1 fully saturated rings. The number of carbonyl (C=O) groups excluding carboxylic acids is 2. The quantitative estimate of drug-likeness (QED) is 0.833. The number of piperidine rings is 1. The number of aliphatic hydroxyl groups is 1. The Kier molecular flexibility index (Phi) is 6.15. The molecule has 1 saturated heterocycles. The lowest BCUT2D eigenvalue weighted by Crippen LogP contribution is -2.55. The number of carbonyl (C=O) groups is 2. The number of hydrogen-bond acceptors (Lipinski definition) is 4. The highest BCUT2D eigenvalue weighted by atomic mass is 35.5. The zero-order valence-corrected chi connectivity index (χ0v) is 14.4. The van der Waals surface area contributed by atoms with Gasteiger partial charge >= 0.3 is 0 Å². The number of likely N-dealkylation sites (N-methyl/N-ethyl adjacent to an activating group) is 1. The van der Waals surface area contributed by atoms with E-state index in [0.29, 0.717) is 19.5 Å². The maximum absolute atomic E-state index is 13.1. The average molecular weight is 358 g/mol. The van der Waals surface area contributed by atoms with Gasteiger partial charge in [-0.25, -0.2) is 4.39 Å². The number of β-amino-alcohol motifs (C(OH)–C–C–N with tert-alkyl or cyclic N) is 1. The van der Waals surface area contributed by atoms with Crippen LogP contribution in [0.15, 0.2) is 18.2 Å². The summed E-state index contributed by atoms with van der Waals surface area (Å²) in [6, 6.07) is 3.30. The lowest BCUT2D eigenvalue weighted by Gasteiger charge is -2.36. The lowest BCUT2D eigenvalue weighted by molar-refractivity contribution is -0.130. The number of nitrogens with one attached hydrogen (secondary N) is 1. The molecule has 0 aliphatic carbocycles. The van der Waals surface area contributed by atoms with Crippen molar-refractivity contribution in [2.24, 2.45) is 0 Å². The van der Waals surface area contributed by atoms with Crippen molar-refractivity contribution in [3.63, 3.8) is 0 Å². The van der Waals surface area contributed by atoms with Crippen molar-refractivity contribution >= 4 is 23.4 Å². The summed E-state index contributed by atoms with van der Waals surface area (Å²) in [5.74, 6) is -1.04. The van der Waals surface area contributed by atoms with Gasteiger partial charge in [0.15, 0.2) is 0 Å². The van der Waals surface area contributed by atoms with Gasteiger partial charge in [0.2, 0.25) is 5.91 Å². The summed E-state index contributed by atoms with van der Waals surface area (Å²) in [7, 11) is 3.36. The second-order valence-electron chi connectivity index (χ2n) is 6.09. The van der Waals surface area contributed by atoms with E-state index < -0.39 is 23.9 Å². The van der Waals surface area contributed by atoms with Crippen molar-refractivity contribution in [2.75, 3.05) is 33.7 Å². The molecule has 132 valence electrons. The van der Waals surface area contributed by atoms with Gasteiger partial charge in [-0.05, 0) is 24.6 Å². The van der Waals surface area contributed by atoms with Gasteiger partial charge < -0.3 is 15.3 Å². The first-order valence-electron chi connectivity index (χ1n) is 7.64. The first kappa shape index (κ1) is 18.6. The number of aliphatic hydroxyl groups excluding tert-OH is 1. The van der Waals surface area contributed by atoms with Crippen LogP contribution in [0, 0.1) is 5.82 Å². The Morgan fingerprint density at radius 3 is 2.75 bits per heavy atom.